The van der Waals surface area contributed by atoms with Crippen LogP contribution in [0.2, 0.25) is 0 Å². The number of benzene rings is 2. The molecule has 3 aromatic rings. The number of carbonyl (C=O) groups excluding carboxylic acids is 7. The van der Waals surface area contributed by atoms with Gasteiger partial charge in [0.1, 0.15) is 17.3 Å². The maximum atomic E-state index is 15.0. The van der Waals surface area contributed by atoms with E-state index in [9.17, 15) is 33.6 Å². The molecule has 3 saturated heterocycles. The predicted molar refractivity (Wildman–Crippen MR) is 272 cm³/mol. The average molecular weight is 1040 g/mol. The molecule has 4 fully saturated rings. The molecule has 19 nitrogen and oxygen atoms in total. The summed E-state index contributed by atoms with van der Waals surface area (Å²) >= 11 is 0. The van der Waals surface area contributed by atoms with E-state index in [2.05, 4.69) is 31.0 Å². The largest absolute Gasteiger partial charge is 0.493 e. The molecule has 8 rings (SSSR count). The summed E-state index contributed by atoms with van der Waals surface area (Å²) < 4.78 is 26.2. The molecule has 4 aliphatic heterocycles. The Morgan fingerprint density at radius 1 is 0.932 bits per heavy atom. The van der Waals surface area contributed by atoms with Gasteiger partial charge in [0.15, 0.2) is 0 Å². The molecule has 0 unspecified atom stereocenters. The fourth-order valence-corrected chi connectivity index (χ4v) is 11.7. The quantitative estimate of drug-likeness (QED) is 0.0528. The molecule has 5 aliphatic rings. The maximum absolute atomic E-state index is 15.0. The van der Waals surface area contributed by atoms with Crippen LogP contribution >= 0.6 is 21.6 Å². The SMILES string of the molecule is CC(C)(CC(=O)N/N=C1\CCOc2cc(OCCCC(=O)ON3C(=O)CCC3=O)ccc21)SSCCC(=O)N1CCN(C2CCN(C(=O)NCc3ccc(NC(=O)[C@H]4C[C@@H]4c4cccnc4)cc3F)CC2)CC1. The predicted octanol–water partition coefficient (Wildman–Crippen LogP) is 5.79. The Hall–Kier alpha value is -6.26. The number of piperazine rings is 1. The fourth-order valence-electron chi connectivity index (χ4n) is 9.25. The molecule has 1 saturated carbocycles. The molecule has 1 aromatic heterocycles. The molecule has 0 spiro atoms. The summed E-state index contributed by atoms with van der Waals surface area (Å²) in [5.41, 5.74) is 5.84. The Morgan fingerprint density at radius 3 is 2.45 bits per heavy atom. The Labute approximate surface area is 431 Å². The van der Waals surface area contributed by atoms with Gasteiger partial charge in [0.25, 0.3) is 11.8 Å². The summed E-state index contributed by atoms with van der Waals surface area (Å²) in [5.74, 6) is -0.875. The lowest BCUT2D eigenvalue weighted by molar-refractivity contribution is -0.197. The summed E-state index contributed by atoms with van der Waals surface area (Å²) in [6.45, 7) is 8.55. The van der Waals surface area contributed by atoms with Crippen molar-refractivity contribution in [1.29, 1.82) is 0 Å². The van der Waals surface area contributed by atoms with Crippen molar-refractivity contribution < 1.29 is 52.3 Å². The number of likely N-dealkylation sites (tertiary alicyclic amines) is 1. The number of hydrogen-bond donors (Lipinski definition) is 3. The molecule has 2 aromatic carbocycles. The van der Waals surface area contributed by atoms with Crippen molar-refractivity contribution in [2.45, 2.75) is 101 Å². The van der Waals surface area contributed by atoms with Crippen molar-refractivity contribution in [3.05, 3.63) is 83.4 Å². The van der Waals surface area contributed by atoms with E-state index in [1.165, 1.54) is 6.07 Å². The van der Waals surface area contributed by atoms with Crippen molar-refractivity contribution in [1.82, 2.24) is 35.5 Å². The van der Waals surface area contributed by atoms with Gasteiger partial charge in [-0.1, -0.05) is 33.7 Å². The number of hydroxylamine groups is 2. The van der Waals surface area contributed by atoms with Crippen LogP contribution < -0.4 is 25.5 Å². The number of fused-ring (bicyclic) bond motifs is 1. The van der Waals surface area contributed by atoms with Crippen molar-refractivity contribution in [2.24, 2.45) is 11.0 Å². The van der Waals surface area contributed by atoms with Gasteiger partial charge in [-0.05, 0) is 81.3 Å². The zero-order valence-corrected chi connectivity index (χ0v) is 42.7. The third kappa shape index (κ3) is 14.7. The molecule has 22 heteroatoms. The van der Waals surface area contributed by atoms with Gasteiger partial charge < -0.3 is 34.7 Å². The second-order valence-corrected chi connectivity index (χ2v) is 22.4. The number of ether oxygens (including phenoxy) is 2. The number of hydrogen-bond acceptors (Lipinski definition) is 15. The number of imide groups is 1. The average Bonchev–Trinajstić information content (AvgIpc) is 4.14. The molecular formula is C51H62FN9O10S2. The van der Waals surface area contributed by atoms with E-state index >= 15 is 4.39 Å². The molecule has 3 N–H and O–H groups in total. The Morgan fingerprint density at radius 2 is 1.71 bits per heavy atom. The minimum atomic E-state index is -0.690. The highest BCUT2D eigenvalue weighted by molar-refractivity contribution is 8.77. The summed E-state index contributed by atoms with van der Waals surface area (Å²) in [6.07, 6.45) is 7.26. The van der Waals surface area contributed by atoms with Crippen LogP contribution in [0.25, 0.3) is 0 Å². The van der Waals surface area contributed by atoms with Gasteiger partial charge in [-0.25, -0.2) is 19.4 Å². The van der Waals surface area contributed by atoms with E-state index in [4.69, 9.17) is 14.3 Å². The molecule has 0 radical (unpaired) electrons. The van der Waals surface area contributed by atoms with Crippen molar-refractivity contribution in [2.75, 3.05) is 63.6 Å². The molecule has 390 valence electrons. The molecule has 2 atom stereocenters. The van der Waals surface area contributed by atoms with E-state index in [1.54, 1.807) is 69.2 Å². The lowest BCUT2D eigenvalue weighted by Crippen LogP contribution is -2.55. The van der Waals surface area contributed by atoms with Gasteiger partial charge in [-0.15, -0.1) is 5.06 Å². The van der Waals surface area contributed by atoms with Crippen LogP contribution in [-0.2, 0) is 40.1 Å². The molecule has 1 aliphatic carbocycles. The number of aromatic nitrogens is 1. The first-order chi connectivity index (χ1) is 35.2. The monoisotopic (exact) mass is 1040 g/mol. The van der Waals surface area contributed by atoms with Crippen molar-refractivity contribution in [3.8, 4) is 11.5 Å². The normalized spacial score (nSPS) is 19.8. The number of nitrogens with one attached hydrogen (secondary N) is 3. The smallest absolute Gasteiger partial charge is 0.333 e. The summed E-state index contributed by atoms with van der Waals surface area (Å²) in [4.78, 5) is 102. The minimum absolute atomic E-state index is 0.0319. The Balaban J connectivity index is 0.666. The number of halogens is 1. The van der Waals surface area contributed by atoms with Gasteiger partial charge in [0, 0.05) is 136 Å². The van der Waals surface area contributed by atoms with E-state index in [0.717, 1.165) is 43.5 Å². The van der Waals surface area contributed by atoms with Crippen LogP contribution in [0.1, 0.15) is 101 Å². The number of pyridine rings is 1. The van der Waals surface area contributed by atoms with Crippen molar-refractivity contribution >= 4 is 74.5 Å². The number of carbonyl (C=O) groups is 7. The van der Waals surface area contributed by atoms with Crippen molar-refractivity contribution in [3.63, 3.8) is 0 Å². The number of rotatable bonds is 20. The van der Waals surface area contributed by atoms with Gasteiger partial charge in [-0.3, -0.25) is 33.9 Å². The summed E-state index contributed by atoms with van der Waals surface area (Å²) in [7, 11) is 3.14. The first kappa shape index (κ1) is 53.0. The summed E-state index contributed by atoms with van der Waals surface area (Å²) in [5, 5.41) is 10.6. The first-order valence-corrected chi connectivity index (χ1v) is 27.2. The second-order valence-electron chi connectivity index (χ2n) is 19.3. The van der Waals surface area contributed by atoms with E-state index in [-0.39, 0.29) is 74.4 Å². The van der Waals surface area contributed by atoms with Gasteiger partial charge >= 0.3 is 12.0 Å². The highest BCUT2D eigenvalue weighted by Crippen LogP contribution is 2.47. The number of piperidine rings is 1. The maximum Gasteiger partial charge on any atom is 0.333 e. The standard InChI is InChI=1S/C51H62FN9O10S2/c1-51(2,30-44(62)57-56-42-15-25-70-43-28-37(9-10-38(42)43)69-24-4-6-48(66)71-61-46(64)11-12-47(61)65)73-72-26-16-45(63)59-22-20-58(21-23-59)36-13-18-60(19-14-36)50(68)54-32-34-7-8-35(27-41(34)52)55-49(67)40-29-39(40)33-5-3-17-53-31-33/h3,5,7-10,17,27-28,31,36,39-40H,4,6,11-16,18-26,29-30,32H2,1-2H3,(H,54,68)(H,55,67)(H,57,62)/b56-42+/t39-,40+/m1/s1. The van der Waals surface area contributed by atoms with Crippen LogP contribution in [-0.4, -0.2) is 141 Å². The third-order valence-electron chi connectivity index (χ3n) is 13.4. The number of anilines is 1. The van der Waals surface area contributed by atoms with E-state index < -0.39 is 28.3 Å². The molecule has 0 bridgehead atoms. The highest BCUT2D eigenvalue weighted by Gasteiger charge is 2.44. The zero-order valence-electron chi connectivity index (χ0n) is 41.1. The van der Waals surface area contributed by atoms with Crippen LogP contribution in [0.5, 0.6) is 11.5 Å². The van der Waals surface area contributed by atoms with Gasteiger partial charge in [-0.2, -0.15) is 5.10 Å². The fraction of sp³-hybridized carbons (Fsp3) is 0.510. The lowest BCUT2D eigenvalue weighted by atomic mass is 10.0. The molecule has 73 heavy (non-hydrogen) atoms. The lowest BCUT2D eigenvalue weighted by Gasteiger charge is -2.42. The van der Waals surface area contributed by atoms with Crippen LogP contribution in [0.4, 0.5) is 14.9 Å². The topological polar surface area (TPSA) is 221 Å². The Bertz CT molecular complexity index is 2540. The summed E-state index contributed by atoms with van der Waals surface area (Å²) in [6, 6.07) is 13.7. The zero-order chi connectivity index (χ0) is 51.5. The third-order valence-corrected chi connectivity index (χ3v) is 16.7. The van der Waals surface area contributed by atoms with Gasteiger partial charge in [0.2, 0.25) is 17.7 Å². The van der Waals surface area contributed by atoms with E-state index in [1.807, 2.05) is 30.9 Å². The number of amides is 7. The molecular weight excluding hydrogens is 982 g/mol. The number of nitrogens with zero attached hydrogens (tertiary/aromatic N) is 6. The second kappa shape index (κ2) is 24.6. The number of urea groups is 1. The van der Waals surface area contributed by atoms with Crippen LogP contribution in [0, 0.1) is 11.7 Å². The molecule has 7 amide bonds. The van der Waals surface area contributed by atoms with Crippen LogP contribution in [0.15, 0.2) is 66.0 Å². The number of hydrazone groups is 1. The first-order valence-electron chi connectivity index (χ1n) is 24.9. The van der Waals surface area contributed by atoms with E-state index in [0.29, 0.717) is 97.4 Å². The van der Waals surface area contributed by atoms with Crippen LogP contribution in [0.3, 0.4) is 0 Å². The Kier molecular flexibility index (Phi) is 17.9. The highest BCUT2D eigenvalue weighted by atomic mass is 33.1. The molecule has 5 heterocycles. The minimum Gasteiger partial charge on any atom is -0.493 e. The van der Waals surface area contributed by atoms with Gasteiger partial charge in [0.05, 0.1) is 25.3 Å².